The Balaban J connectivity index is 1.30. The van der Waals surface area contributed by atoms with Crippen LogP contribution in [0.3, 0.4) is 0 Å². The first-order valence-corrected chi connectivity index (χ1v) is 8.63. The highest BCUT2D eigenvalue weighted by atomic mass is 16.3. The fourth-order valence-corrected chi connectivity index (χ4v) is 3.90. The molecule has 4 rings (SSSR count). The number of rotatable bonds is 4. The Bertz CT molecular complexity index is 745. The summed E-state index contributed by atoms with van der Waals surface area (Å²) < 4.78 is 5.23. The van der Waals surface area contributed by atoms with Crippen LogP contribution in [0.5, 0.6) is 0 Å². The third kappa shape index (κ3) is 3.24. The van der Waals surface area contributed by atoms with E-state index in [0.717, 1.165) is 18.6 Å². The van der Waals surface area contributed by atoms with Gasteiger partial charge in [-0.25, -0.2) is 4.79 Å². The van der Waals surface area contributed by atoms with Gasteiger partial charge in [0.15, 0.2) is 0 Å². The third-order valence-corrected chi connectivity index (χ3v) is 5.15. The first-order chi connectivity index (χ1) is 12.2. The largest absolute Gasteiger partial charge is 0.467 e. The van der Waals surface area contributed by atoms with Crippen molar-refractivity contribution in [1.29, 1.82) is 0 Å². The zero-order valence-corrected chi connectivity index (χ0v) is 13.9. The molecule has 0 radical (unpaired) electrons. The van der Waals surface area contributed by atoms with E-state index in [1.54, 1.807) is 12.3 Å². The smallest absolute Gasteiger partial charge is 0.318 e. The molecule has 1 saturated carbocycles. The van der Waals surface area contributed by atoms with E-state index in [4.69, 9.17) is 4.42 Å². The van der Waals surface area contributed by atoms with Crippen molar-refractivity contribution in [2.45, 2.75) is 31.5 Å². The monoisotopic (exact) mass is 339 g/mol. The number of carbonyl (C=O) groups excluding carboxylic acids is 2. The van der Waals surface area contributed by atoms with Crippen LogP contribution in [0.2, 0.25) is 0 Å². The van der Waals surface area contributed by atoms with Crippen LogP contribution in [0.1, 0.15) is 29.0 Å². The van der Waals surface area contributed by atoms with Crippen LogP contribution in [-0.4, -0.2) is 35.5 Å². The van der Waals surface area contributed by atoms with Crippen LogP contribution in [-0.2, 0) is 6.54 Å². The molecule has 3 atom stereocenters. The molecule has 6 nitrogen and oxygen atoms in total. The highest BCUT2D eigenvalue weighted by Crippen LogP contribution is 2.37. The van der Waals surface area contributed by atoms with Crippen molar-refractivity contribution in [3.8, 4) is 0 Å². The van der Waals surface area contributed by atoms with Crippen LogP contribution in [0.4, 0.5) is 4.79 Å². The van der Waals surface area contributed by atoms with Crippen LogP contribution in [0, 0.1) is 5.92 Å². The van der Waals surface area contributed by atoms with Gasteiger partial charge in [0.25, 0.3) is 5.91 Å². The van der Waals surface area contributed by atoms with Crippen LogP contribution in [0.15, 0.2) is 53.1 Å². The standard InChI is InChI=1S/C19H21N3O3/c23-18(13-5-2-1-3-6-13)21-17-10-15-9-14(17)12-22(15)19(24)20-11-16-7-4-8-25-16/h1-8,14-15,17H,9-12H2,(H,20,24)(H,21,23). The summed E-state index contributed by atoms with van der Waals surface area (Å²) in [5.74, 6) is 1.03. The molecular weight excluding hydrogens is 318 g/mol. The summed E-state index contributed by atoms with van der Waals surface area (Å²) in [5, 5.41) is 6.03. The van der Waals surface area contributed by atoms with E-state index < -0.39 is 0 Å². The molecule has 130 valence electrons. The minimum absolute atomic E-state index is 0.0352. The number of hydrogen-bond donors (Lipinski definition) is 2. The van der Waals surface area contributed by atoms with E-state index in [0.29, 0.717) is 24.6 Å². The maximum Gasteiger partial charge on any atom is 0.318 e. The molecule has 0 spiro atoms. The lowest BCUT2D eigenvalue weighted by Gasteiger charge is -2.32. The van der Waals surface area contributed by atoms with Gasteiger partial charge in [-0.15, -0.1) is 0 Å². The van der Waals surface area contributed by atoms with Gasteiger partial charge < -0.3 is 20.0 Å². The van der Waals surface area contributed by atoms with Crippen molar-refractivity contribution in [2.75, 3.05) is 6.54 Å². The summed E-state index contributed by atoms with van der Waals surface area (Å²) in [6.07, 6.45) is 3.37. The molecule has 6 heteroatoms. The number of carbonyl (C=O) groups is 2. The van der Waals surface area contributed by atoms with E-state index in [1.165, 1.54) is 0 Å². The van der Waals surface area contributed by atoms with Gasteiger partial charge in [0, 0.05) is 24.2 Å². The third-order valence-electron chi connectivity index (χ3n) is 5.15. The maximum absolute atomic E-state index is 12.4. The summed E-state index contributed by atoms with van der Waals surface area (Å²) in [4.78, 5) is 26.6. The molecule has 3 amide bonds. The number of nitrogens with one attached hydrogen (secondary N) is 2. The number of hydrogen-bond acceptors (Lipinski definition) is 3. The van der Waals surface area contributed by atoms with Gasteiger partial charge in [-0.05, 0) is 43.0 Å². The quantitative estimate of drug-likeness (QED) is 0.898. The second-order valence-electron chi connectivity index (χ2n) is 6.72. The molecule has 1 aliphatic carbocycles. The molecule has 1 aromatic carbocycles. The van der Waals surface area contributed by atoms with E-state index in [-0.39, 0.29) is 24.0 Å². The maximum atomic E-state index is 12.4. The fraction of sp³-hybridized carbons (Fsp3) is 0.368. The van der Waals surface area contributed by atoms with E-state index in [9.17, 15) is 9.59 Å². The van der Waals surface area contributed by atoms with Crippen molar-refractivity contribution in [2.24, 2.45) is 5.92 Å². The van der Waals surface area contributed by atoms with Crippen LogP contribution in [0.25, 0.3) is 0 Å². The Morgan fingerprint density at radius 2 is 1.96 bits per heavy atom. The molecule has 1 aliphatic heterocycles. The minimum atomic E-state index is -0.0586. The molecule has 1 saturated heterocycles. The number of nitrogens with zero attached hydrogens (tertiary/aromatic N) is 1. The number of likely N-dealkylation sites (tertiary alicyclic amines) is 1. The highest BCUT2D eigenvalue weighted by molar-refractivity contribution is 5.94. The van der Waals surface area contributed by atoms with Gasteiger partial charge in [0.2, 0.25) is 0 Å². The second-order valence-corrected chi connectivity index (χ2v) is 6.72. The van der Waals surface area contributed by atoms with Crippen molar-refractivity contribution >= 4 is 11.9 Å². The number of amides is 3. The summed E-state index contributed by atoms with van der Waals surface area (Å²) in [7, 11) is 0. The number of fused-ring (bicyclic) bond motifs is 2. The lowest BCUT2D eigenvalue weighted by atomic mass is 10.0. The first kappa shape index (κ1) is 15.7. The Kier molecular flexibility index (Phi) is 4.17. The van der Waals surface area contributed by atoms with Gasteiger partial charge in [-0.3, -0.25) is 4.79 Å². The SMILES string of the molecule is O=C(NC1CC2CC1CN2C(=O)NCc1ccco1)c1ccccc1. The molecule has 1 aromatic heterocycles. The molecule has 2 fully saturated rings. The molecule has 2 aromatic rings. The van der Waals surface area contributed by atoms with Gasteiger partial charge in [0.05, 0.1) is 12.8 Å². The van der Waals surface area contributed by atoms with Crippen LogP contribution < -0.4 is 10.6 Å². The zero-order valence-electron chi connectivity index (χ0n) is 13.9. The molecule has 2 heterocycles. The van der Waals surface area contributed by atoms with Crippen LogP contribution >= 0.6 is 0 Å². The van der Waals surface area contributed by atoms with E-state index in [1.807, 2.05) is 41.3 Å². The first-order valence-electron chi connectivity index (χ1n) is 8.63. The summed E-state index contributed by atoms with van der Waals surface area (Å²) in [5.41, 5.74) is 0.679. The normalized spacial score (nSPS) is 24.3. The molecule has 2 bridgehead atoms. The van der Waals surface area contributed by atoms with Crippen molar-refractivity contribution in [3.63, 3.8) is 0 Å². The molecule has 25 heavy (non-hydrogen) atoms. The number of furan rings is 1. The molecule has 2 N–H and O–H groups in total. The molecule has 3 unspecified atom stereocenters. The Labute approximate surface area is 146 Å². The Hall–Kier alpha value is -2.76. The predicted octanol–water partition coefficient (Wildman–Crippen LogP) is 2.38. The average Bonchev–Trinajstić information content (AvgIpc) is 3.37. The Morgan fingerprint density at radius 3 is 2.64 bits per heavy atom. The van der Waals surface area contributed by atoms with E-state index in [2.05, 4.69) is 10.6 Å². The highest BCUT2D eigenvalue weighted by Gasteiger charge is 2.46. The van der Waals surface area contributed by atoms with E-state index >= 15 is 0 Å². The lowest BCUT2D eigenvalue weighted by Crippen LogP contribution is -2.50. The van der Waals surface area contributed by atoms with Gasteiger partial charge in [-0.1, -0.05) is 18.2 Å². The summed E-state index contributed by atoms with van der Waals surface area (Å²) >= 11 is 0. The molecule has 2 aliphatic rings. The minimum Gasteiger partial charge on any atom is -0.467 e. The average molecular weight is 339 g/mol. The topological polar surface area (TPSA) is 74.6 Å². The van der Waals surface area contributed by atoms with Gasteiger partial charge in [-0.2, -0.15) is 0 Å². The zero-order chi connectivity index (χ0) is 17.2. The lowest BCUT2D eigenvalue weighted by molar-refractivity contribution is 0.0913. The molecular formula is C19H21N3O3. The summed E-state index contributed by atoms with van der Waals surface area (Å²) in [6.45, 7) is 1.09. The van der Waals surface area contributed by atoms with Gasteiger partial charge in [0.1, 0.15) is 5.76 Å². The number of piperidine rings is 1. The summed E-state index contributed by atoms with van der Waals surface area (Å²) in [6, 6.07) is 13.2. The van der Waals surface area contributed by atoms with Crippen molar-refractivity contribution < 1.29 is 14.0 Å². The second kappa shape index (κ2) is 6.63. The van der Waals surface area contributed by atoms with Gasteiger partial charge >= 0.3 is 6.03 Å². The Morgan fingerprint density at radius 1 is 1.12 bits per heavy atom. The predicted molar refractivity (Wildman–Crippen MR) is 91.9 cm³/mol. The van der Waals surface area contributed by atoms with Crippen molar-refractivity contribution in [3.05, 3.63) is 60.1 Å². The number of benzene rings is 1. The fourth-order valence-electron chi connectivity index (χ4n) is 3.90. The number of urea groups is 1. The van der Waals surface area contributed by atoms with Crippen molar-refractivity contribution in [1.82, 2.24) is 15.5 Å².